The SMILES string of the molecule is COC(=O)C1=C(O)/C(=C/c2ccc(OC)c(O)c2)SC1=Nc1ccccc1. The van der Waals surface area contributed by atoms with Crippen molar-refractivity contribution in [1.82, 2.24) is 0 Å². The highest BCUT2D eigenvalue weighted by Gasteiger charge is 2.33. The summed E-state index contributed by atoms with van der Waals surface area (Å²) < 4.78 is 9.81. The Hall–Kier alpha value is -3.19. The van der Waals surface area contributed by atoms with E-state index >= 15 is 0 Å². The molecule has 0 fully saturated rings. The predicted molar refractivity (Wildman–Crippen MR) is 105 cm³/mol. The van der Waals surface area contributed by atoms with Crippen LogP contribution >= 0.6 is 11.8 Å². The molecular weight excluding hydrogens is 366 g/mol. The Balaban J connectivity index is 2.03. The molecule has 0 saturated heterocycles. The number of para-hydroxylation sites is 1. The van der Waals surface area contributed by atoms with Gasteiger partial charge in [-0.2, -0.15) is 0 Å². The molecule has 27 heavy (non-hydrogen) atoms. The molecule has 0 atom stereocenters. The van der Waals surface area contributed by atoms with Gasteiger partial charge in [-0.25, -0.2) is 9.79 Å². The van der Waals surface area contributed by atoms with Gasteiger partial charge in [0.25, 0.3) is 0 Å². The van der Waals surface area contributed by atoms with E-state index < -0.39 is 5.97 Å². The van der Waals surface area contributed by atoms with Crippen LogP contribution in [-0.4, -0.2) is 35.4 Å². The summed E-state index contributed by atoms with van der Waals surface area (Å²) in [5, 5.41) is 20.8. The largest absolute Gasteiger partial charge is 0.506 e. The fraction of sp³-hybridized carbons (Fsp3) is 0.100. The first-order valence-corrected chi connectivity index (χ1v) is 8.77. The van der Waals surface area contributed by atoms with Gasteiger partial charge in [-0.15, -0.1) is 0 Å². The summed E-state index contributed by atoms with van der Waals surface area (Å²) in [7, 11) is 2.71. The van der Waals surface area contributed by atoms with E-state index in [1.54, 1.807) is 30.3 Å². The van der Waals surface area contributed by atoms with Gasteiger partial charge in [0.15, 0.2) is 11.5 Å². The van der Waals surface area contributed by atoms with Crippen LogP contribution in [-0.2, 0) is 9.53 Å². The molecule has 3 rings (SSSR count). The van der Waals surface area contributed by atoms with Crippen LogP contribution in [0.2, 0.25) is 0 Å². The molecule has 1 aliphatic rings. The molecule has 0 saturated carbocycles. The van der Waals surface area contributed by atoms with Crippen molar-refractivity contribution < 1.29 is 24.5 Å². The predicted octanol–water partition coefficient (Wildman–Crippen LogP) is 4.20. The van der Waals surface area contributed by atoms with E-state index in [-0.39, 0.29) is 17.1 Å². The lowest BCUT2D eigenvalue weighted by atomic mass is 10.1. The molecule has 0 radical (unpaired) electrons. The van der Waals surface area contributed by atoms with E-state index in [4.69, 9.17) is 9.47 Å². The summed E-state index contributed by atoms with van der Waals surface area (Å²) in [4.78, 5) is 17.0. The van der Waals surface area contributed by atoms with Crippen molar-refractivity contribution in [2.75, 3.05) is 14.2 Å². The van der Waals surface area contributed by atoms with Crippen LogP contribution in [0.3, 0.4) is 0 Å². The van der Waals surface area contributed by atoms with Gasteiger partial charge in [-0.3, -0.25) is 0 Å². The molecule has 0 aromatic heterocycles. The van der Waals surface area contributed by atoms with Gasteiger partial charge < -0.3 is 19.7 Å². The second kappa shape index (κ2) is 8.01. The molecule has 0 aliphatic carbocycles. The number of nitrogens with zero attached hydrogens (tertiary/aromatic N) is 1. The zero-order chi connectivity index (χ0) is 19.4. The van der Waals surface area contributed by atoms with E-state index in [0.717, 1.165) is 11.8 Å². The fourth-order valence-corrected chi connectivity index (χ4v) is 3.49. The highest BCUT2D eigenvalue weighted by Crippen LogP contribution is 2.40. The molecule has 1 heterocycles. The van der Waals surface area contributed by atoms with E-state index in [1.165, 1.54) is 20.3 Å². The summed E-state index contributed by atoms with van der Waals surface area (Å²) in [5.74, 6) is -0.560. The van der Waals surface area contributed by atoms with Crippen LogP contribution in [0.4, 0.5) is 5.69 Å². The molecule has 0 bridgehead atoms. The van der Waals surface area contributed by atoms with Gasteiger partial charge >= 0.3 is 5.97 Å². The van der Waals surface area contributed by atoms with Gasteiger partial charge in [0, 0.05) is 0 Å². The zero-order valence-electron chi connectivity index (χ0n) is 14.7. The Bertz CT molecular complexity index is 964. The average Bonchev–Trinajstić information content (AvgIpc) is 2.97. The second-order valence-electron chi connectivity index (χ2n) is 5.51. The molecule has 2 aromatic rings. The number of phenols is 1. The number of aliphatic hydroxyl groups excluding tert-OH is 1. The van der Waals surface area contributed by atoms with Crippen LogP contribution in [0.15, 0.2) is 69.8 Å². The van der Waals surface area contributed by atoms with Crippen molar-refractivity contribution in [2.45, 2.75) is 0 Å². The number of benzene rings is 2. The Morgan fingerprint density at radius 2 is 1.85 bits per heavy atom. The Morgan fingerprint density at radius 1 is 1.11 bits per heavy atom. The lowest BCUT2D eigenvalue weighted by molar-refractivity contribution is -0.135. The number of ether oxygens (including phenoxy) is 2. The Morgan fingerprint density at radius 3 is 2.48 bits per heavy atom. The number of aliphatic imine (C=N–C) groups is 1. The van der Waals surface area contributed by atoms with Gasteiger partial charge in [0.05, 0.1) is 24.8 Å². The topological polar surface area (TPSA) is 88.4 Å². The number of rotatable bonds is 4. The minimum atomic E-state index is -0.671. The maximum atomic E-state index is 12.1. The lowest BCUT2D eigenvalue weighted by Crippen LogP contribution is -2.10. The summed E-state index contributed by atoms with van der Waals surface area (Å²) in [6.07, 6.45) is 1.65. The molecule has 2 N–H and O–H groups in total. The van der Waals surface area contributed by atoms with Crippen LogP contribution in [0.25, 0.3) is 6.08 Å². The van der Waals surface area contributed by atoms with Crippen LogP contribution in [0, 0.1) is 0 Å². The van der Waals surface area contributed by atoms with Crippen molar-refractivity contribution >= 4 is 34.5 Å². The van der Waals surface area contributed by atoms with Crippen molar-refractivity contribution in [2.24, 2.45) is 4.99 Å². The maximum absolute atomic E-state index is 12.1. The van der Waals surface area contributed by atoms with E-state index in [2.05, 4.69) is 4.99 Å². The number of hydrogen-bond acceptors (Lipinski definition) is 7. The number of aromatic hydroxyl groups is 1. The molecule has 138 valence electrons. The lowest BCUT2D eigenvalue weighted by Gasteiger charge is -2.04. The smallest absolute Gasteiger partial charge is 0.344 e. The van der Waals surface area contributed by atoms with Crippen LogP contribution in [0.5, 0.6) is 11.5 Å². The number of carbonyl (C=O) groups excluding carboxylic acids is 1. The standard InChI is InChI=1S/C20H17NO5S/c1-25-15-9-8-12(10-14(15)22)11-16-18(23)17(20(24)26-2)19(27-16)21-13-6-4-3-5-7-13/h3-11,22-23H,1-2H3/b16-11-,21-19?. The Labute approximate surface area is 160 Å². The molecule has 1 aliphatic heterocycles. The number of carbonyl (C=O) groups is 1. The van der Waals surface area contributed by atoms with Crippen molar-refractivity contribution in [3.8, 4) is 11.5 Å². The van der Waals surface area contributed by atoms with Gasteiger partial charge in [0.1, 0.15) is 16.4 Å². The second-order valence-corrected chi connectivity index (χ2v) is 6.54. The number of aliphatic hydroxyl groups is 1. The first-order valence-electron chi connectivity index (χ1n) is 7.96. The summed E-state index contributed by atoms with van der Waals surface area (Å²) in [5.41, 5.74) is 1.29. The summed E-state index contributed by atoms with van der Waals surface area (Å²) in [6.45, 7) is 0. The first-order chi connectivity index (χ1) is 13.0. The van der Waals surface area contributed by atoms with Crippen molar-refractivity contribution in [3.05, 3.63) is 70.3 Å². The molecule has 6 nitrogen and oxygen atoms in total. The molecule has 7 heteroatoms. The Kier molecular flexibility index (Phi) is 5.52. The normalized spacial score (nSPS) is 16.8. The van der Waals surface area contributed by atoms with Crippen LogP contribution in [0.1, 0.15) is 5.56 Å². The number of methoxy groups -OCH3 is 2. The minimum absolute atomic E-state index is 0.00957. The van der Waals surface area contributed by atoms with Gasteiger partial charge in [-0.1, -0.05) is 36.0 Å². The average molecular weight is 383 g/mol. The highest BCUT2D eigenvalue weighted by molar-refractivity contribution is 8.18. The van der Waals surface area contributed by atoms with E-state index in [0.29, 0.717) is 26.9 Å². The number of hydrogen-bond donors (Lipinski definition) is 2. The van der Waals surface area contributed by atoms with E-state index in [9.17, 15) is 15.0 Å². The zero-order valence-corrected chi connectivity index (χ0v) is 15.5. The number of phenolic OH excluding ortho intramolecular Hbond substituents is 1. The molecular formula is C20H17NO5S. The third kappa shape index (κ3) is 3.98. The third-order valence-electron chi connectivity index (χ3n) is 3.77. The van der Waals surface area contributed by atoms with Gasteiger partial charge in [-0.05, 0) is 35.9 Å². The maximum Gasteiger partial charge on any atom is 0.344 e. The van der Waals surface area contributed by atoms with Crippen molar-refractivity contribution in [3.63, 3.8) is 0 Å². The molecule has 0 spiro atoms. The molecule has 2 aromatic carbocycles. The first kappa shape index (κ1) is 18.6. The summed E-state index contributed by atoms with van der Waals surface area (Å²) in [6, 6.07) is 14.0. The highest BCUT2D eigenvalue weighted by atomic mass is 32.2. The fourth-order valence-electron chi connectivity index (χ4n) is 2.46. The monoisotopic (exact) mass is 383 g/mol. The van der Waals surface area contributed by atoms with Gasteiger partial charge in [0.2, 0.25) is 0 Å². The quantitative estimate of drug-likeness (QED) is 0.769. The summed E-state index contributed by atoms with van der Waals surface area (Å²) >= 11 is 1.15. The molecule has 0 unspecified atom stereocenters. The number of esters is 1. The molecule has 0 amide bonds. The third-order valence-corrected chi connectivity index (χ3v) is 4.79. The van der Waals surface area contributed by atoms with Crippen molar-refractivity contribution in [1.29, 1.82) is 0 Å². The van der Waals surface area contributed by atoms with Crippen LogP contribution < -0.4 is 4.74 Å². The van der Waals surface area contributed by atoms with E-state index in [1.807, 2.05) is 18.2 Å². The minimum Gasteiger partial charge on any atom is -0.506 e. The number of thioether (sulfide) groups is 1.